The Labute approximate surface area is 168 Å². The van der Waals surface area contributed by atoms with E-state index in [9.17, 15) is 9.59 Å². The fourth-order valence-electron chi connectivity index (χ4n) is 7.89. The SMILES string of the molecule is NC(=O)C1([NH+]2CCCCC2)CCN(C(=O)NC23CC4CC(CC(C4)C2)C3)CC1. The number of likely N-dealkylation sites (tertiary alicyclic amines) is 2. The predicted octanol–water partition coefficient (Wildman–Crippen LogP) is 1.05. The molecule has 0 aromatic rings. The van der Waals surface area contributed by atoms with Crippen LogP contribution in [0.4, 0.5) is 4.79 Å². The van der Waals surface area contributed by atoms with Crippen molar-refractivity contribution < 1.29 is 14.5 Å². The van der Waals surface area contributed by atoms with Crippen molar-refractivity contribution >= 4 is 11.9 Å². The van der Waals surface area contributed by atoms with Gasteiger partial charge in [0.25, 0.3) is 5.91 Å². The van der Waals surface area contributed by atoms with E-state index in [1.807, 2.05) is 4.90 Å². The summed E-state index contributed by atoms with van der Waals surface area (Å²) in [6, 6.07) is 0.105. The lowest BCUT2D eigenvalue weighted by Crippen LogP contribution is -3.22. The van der Waals surface area contributed by atoms with Gasteiger partial charge in [-0.15, -0.1) is 0 Å². The van der Waals surface area contributed by atoms with E-state index < -0.39 is 5.54 Å². The van der Waals surface area contributed by atoms with Crippen LogP contribution in [0.5, 0.6) is 0 Å². The first-order valence-electron chi connectivity index (χ1n) is 11.7. The highest BCUT2D eigenvalue weighted by Gasteiger charge is 2.53. The summed E-state index contributed by atoms with van der Waals surface area (Å²) in [5.74, 6) is 2.33. The lowest BCUT2D eigenvalue weighted by atomic mass is 9.53. The molecule has 2 heterocycles. The van der Waals surface area contributed by atoms with E-state index >= 15 is 0 Å². The average Bonchev–Trinajstić information content (AvgIpc) is 2.67. The summed E-state index contributed by atoms with van der Waals surface area (Å²) in [6.45, 7) is 3.40. The van der Waals surface area contributed by atoms with Crippen LogP contribution in [0.2, 0.25) is 0 Å². The molecule has 6 rings (SSSR count). The maximum Gasteiger partial charge on any atom is 0.317 e. The van der Waals surface area contributed by atoms with Gasteiger partial charge in [0.2, 0.25) is 0 Å². The fraction of sp³-hybridized carbons (Fsp3) is 0.909. The normalized spacial score (nSPS) is 39.7. The van der Waals surface area contributed by atoms with Crippen molar-refractivity contribution in [2.24, 2.45) is 23.5 Å². The van der Waals surface area contributed by atoms with Gasteiger partial charge < -0.3 is 20.9 Å². The maximum absolute atomic E-state index is 13.1. The number of primary amides is 1. The van der Waals surface area contributed by atoms with Gasteiger partial charge in [-0.05, 0) is 75.5 Å². The van der Waals surface area contributed by atoms with Gasteiger partial charge in [-0.3, -0.25) is 4.79 Å². The Morgan fingerprint density at radius 2 is 1.43 bits per heavy atom. The molecule has 6 nitrogen and oxygen atoms in total. The van der Waals surface area contributed by atoms with Crippen molar-refractivity contribution in [3.05, 3.63) is 0 Å². The highest BCUT2D eigenvalue weighted by Crippen LogP contribution is 2.55. The summed E-state index contributed by atoms with van der Waals surface area (Å²) in [6.07, 6.45) is 12.8. The van der Waals surface area contributed by atoms with E-state index in [0.29, 0.717) is 25.9 Å². The zero-order valence-electron chi connectivity index (χ0n) is 17.2. The van der Waals surface area contributed by atoms with E-state index in [2.05, 4.69) is 5.32 Å². The van der Waals surface area contributed by atoms with Gasteiger partial charge in [0, 0.05) is 31.5 Å². The second-order valence-corrected chi connectivity index (χ2v) is 10.7. The van der Waals surface area contributed by atoms with Crippen molar-refractivity contribution in [1.82, 2.24) is 10.2 Å². The van der Waals surface area contributed by atoms with Crippen LogP contribution in [-0.2, 0) is 4.79 Å². The third-order valence-electron chi connectivity index (χ3n) is 8.92. The largest absolute Gasteiger partial charge is 0.364 e. The highest BCUT2D eigenvalue weighted by molar-refractivity contribution is 5.84. The standard InChI is InChI=1S/C22H36N4O2/c23-19(27)22(26-6-2-1-3-7-26)4-8-25(9-5-22)20(28)24-21-13-16-10-17(14-21)12-18(11-16)15-21/h16-18H,1-15H2,(H2,23,27)(H,24,28)/p+1. The Balaban J connectivity index is 1.23. The molecule has 0 aromatic carbocycles. The lowest BCUT2D eigenvalue weighted by molar-refractivity contribution is -0.948. The minimum absolute atomic E-state index is 0.0577. The Bertz CT molecular complexity index is 599. The van der Waals surface area contributed by atoms with Gasteiger partial charge in [0.1, 0.15) is 0 Å². The molecular formula is C22H37N4O2+. The summed E-state index contributed by atoms with van der Waals surface area (Å²) in [5, 5.41) is 3.49. The van der Waals surface area contributed by atoms with Crippen molar-refractivity contribution in [3.63, 3.8) is 0 Å². The molecule has 4 N–H and O–H groups in total. The van der Waals surface area contributed by atoms with Crippen molar-refractivity contribution in [1.29, 1.82) is 0 Å². The lowest BCUT2D eigenvalue weighted by Gasteiger charge is -2.57. The van der Waals surface area contributed by atoms with Crippen LogP contribution >= 0.6 is 0 Å². The Morgan fingerprint density at radius 1 is 0.893 bits per heavy atom. The molecule has 28 heavy (non-hydrogen) atoms. The summed E-state index contributed by atoms with van der Waals surface area (Å²) in [4.78, 5) is 28.9. The number of hydrogen-bond donors (Lipinski definition) is 3. The van der Waals surface area contributed by atoms with Crippen molar-refractivity contribution in [2.45, 2.75) is 81.7 Å². The Hall–Kier alpha value is -1.30. The zero-order valence-corrected chi connectivity index (χ0v) is 17.2. The van der Waals surface area contributed by atoms with E-state index in [1.54, 1.807) is 0 Å². The van der Waals surface area contributed by atoms with Crippen LogP contribution in [0.3, 0.4) is 0 Å². The van der Waals surface area contributed by atoms with Crippen LogP contribution in [0.25, 0.3) is 0 Å². The van der Waals surface area contributed by atoms with Crippen LogP contribution < -0.4 is 16.0 Å². The molecule has 6 fully saturated rings. The molecule has 4 saturated carbocycles. The van der Waals surface area contributed by atoms with Crippen LogP contribution in [-0.4, -0.2) is 54.1 Å². The summed E-state index contributed by atoms with van der Waals surface area (Å²) < 4.78 is 0. The molecular weight excluding hydrogens is 352 g/mol. The number of urea groups is 1. The monoisotopic (exact) mass is 389 g/mol. The van der Waals surface area contributed by atoms with Crippen LogP contribution in [0.15, 0.2) is 0 Å². The first kappa shape index (κ1) is 18.7. The predicted molar refractivity (Wildman–Crippen MR) is 107 cm³/mol. The third kappa shape index (κ3) is 3.12. The molecule has 156 valence electrons. The Morgan fingerprint density at radius 3 is 1.93 bits per heavy atom. The van der Waals surface area contributed by atoms with Crippen molar-refractivity contribution in [3.8, 4) is 0 Å². The molecule has 2 aliphatic heterocycles. The molecule has 6 heteroatoms. The van der Waals surface area contributed by atoms with Gasteiger partial charge in [-0.1, -0.05) is 0 Å². The molecule has 6 aliphatic rings. The van der Waals surface area contributed by atoms with Gasteiger partial charge in [0.15, 0.2) is 5.54 Å². The van der Waals surface area contributed by atoms with Gasteiger partial charge in [-0.25, -0.2) is 4.79 Å². The second-order valence-electron chi connectivity index (χ2n) is 10.7. The topological polar surface area (TPSA) is 79.9 Å². The third-order valence-corrected chi connectivity index (χ3v) is 8.92. The van der Waals surface area contributed by atoms with Gasteiger partial charge in [0.05, 0.1) is 13.1 Å². The van der Waals surface area contributed by atoms with Crippen molar-refractivity contribution in [2.75, 3.05) is 26.2 Å². The van der Waals surface area contributed by atoms with E-state index in [-0.39, 0.29) is 17.5 Å². The molecule has 2 saturated heterocycles. The van der Waals surface area contributed by atoms with Gasteiger partial charge in [-0.2, -0.15) is 0 Å². The molecule has 0 unspecified atom stereocenters. The highest BCUT2D eigenvalue weighted by atomic mass is 16.2. The number of carbonyl (C=O) groups excluding carboxylic acids is 2. The molecule has 0 aromatic heterocycles. The summed E-state index contributed by atoms with van der Waals surface area (Å²) >= 11 is 0. The number of nitrogens with two attached hydrogens (primary N) is 1. The second kappa shape index (κ2) is 6.89. The number of nitrogens with zero attached hydrogens (tertiary/aromatic N) is 1. The van der Waals surface area contributed by atoms with Crippen LogP contribution in [0.1, 0.15) is 70.6 Å². The first-order valence-corrected chi connectivity index (χ1v) is 11.7. The number of rotatable bonds is 3. The number of nitrogens with one attached hydrogen (secondary N) is 2. The summed E-state index contributed by atoms with van der Waals surface area (Å²) in [7, 11) is 0. The first-order chi connectivity index (χ1) is 13.5. The zero-order chi connectivity index (χ0) is 19.4. The van der Waals surface area contributed by atoms with E-state index in [4.69, 9.17) is 5.73 Å². The Kier molecular flexibility index (Phi) is 4.61. The number of quaternary nitrogens is 1. The fourth-order valence-corrected chi connectivity index (χ4v) is 7.89. The number of carbonyl (C=O) groups is 2. The maximum atomic E-state index is 13.1. The van der Waals surface area contributed by atoms with E-state index in [0.717, 1.165) is 30.8 Å². The minimum atomic E-state index is -0.460. The van der Waals surface area contributed by atoms with E-state index in [1.165, 1.54) is 62.7 Å². The molecule has 4 bridgehead atoms. The average molecular weight is 390 g/mol. The number of hydrogen-bond acceptors (Lipinski definition) is 2. The quantitative estimate of drug-likeness (QED) is 0.675. The smallest absolute Gasteiger partial charge is 0.317 e. The summed E-state index contributed by atoms with van der Waals surface area (Å²) in [5.41, 5.74) is 5.51. The minimum Gasteiger partial charge on any atom is -0.364 e. The number of amides is 3. The molecule has 0 atom stereocenters. The molecule has 0 spiro atoms. The molecule has 4 aliphatic carbocycles. The number of piperidine rings is 2. The molecule has 3 amide bonds. The van der Waals surface area contributed by atoms with Crippen LogP contribution in [0, 0.1) is 17.8 Å². The molecule has 0 radical (unpaired) electrons. The van der Waals surface area contributed by atoms with Gasteiger partial charge >= 0.3 is 6.03 Å².